The van der Waals surface area contributed by atoms with Gasteiger partial charge in [-0.05, 0) is 22.0 Å². The Kier molecular flexibility index (Phi) is 4.66. The molecule has 0 bridgehead atoms. The first-order chi connectivity index (χ1) is 8.60. The Labute approximate surface area is 111 Å². The van der Waals surface area contributed by atoms with Crippen LogP contribution < -0.4 is 4.74 Å². The Morgan fingerprint density at radius 2 is 2.05 bits per heavy atom. The Morgan fingerprint density at radius 1 is 1.47 bits per heavy atom. The molecule has 1 N–H and O–H groups in total. The zero-order valence-electron chi connectivity index (χ0n) is 8.84. The van der Waals surface area contributed by atoms with Gasteiger partial charge in [-0.1, -0.05) is 0 Å². The van der Waals surface area contributed by atoms with E-state index in [9.17, 15) is 26.7 Å². The van der Waals surface area contributed by atoms with Gasteiger partial charge in [0.1, 0.15) is 4.60 Å². The van der Waals surface area contributed by atoms with Crippen molar-refractivity contribution in [3.05, 3.63) is 21.9 Å². The predicted octanol–water partition coefficient (Wildman–Crippen LogP) is 3.31. The Morgan fingerprint density at radius 3 is 2.47 bits per heavy atom. The molecular weight excluding hydrogens is 345 g/mol. The maximum Gasteiger partial charge on any atom is 0.573 e. The maximum absolute atomic E-state index is 12.7. The highest BCUT2D eigenvalue weighted by Gasteiger charge is 2.35. The molecule has 0 aliphatic carbocycles. The van der Waals surface area contributed by atoms with Crippen LogP contribution in [0.4, 0.5) is 22.0 Å². The zero-order chi connectivity index (χ0) is 14.8. The van der Waals surface area contributed by atoms with Crippen LogP contribution in [0.15, 0.2) is 10.7 Å². The monoisotopic (exact) mass is 349 g/mol. The summed E-state index contributed by atoms with van der Waals surface area (Å²) in [5.74, 6) is -2.54. The molecule has 0 aliphatic heterocycles. The molecule has 1 heterocycles. The lowest BCUT2D eigenvalue weighted by Gasteiger charge is -2.15. The molecule has 0 fully saturated rings. The molecule has 0 saturated carbocycles. The molecule has 0 atom stereocenters. The summed E-state index contributed by atoms with van der Waals surface area (Å²) in [6, 6.07) is 0.560. The van der Waals surface area contributed by atoms with Gasteiger partial charge in [0.25, 0.3) is 6.43 Å². The van der Waals surface area contributed by atoms with E-state index in [0.717, 1.165) is 0 Å². The van der Waals surface area contributed by atoms with Crippen molar-refractivity contribution in [2.24, 2.45) is 0 Å². The van der Waals surface area contributed by atoms with Crippen LogP contribution in [-0.2, 0) is 11.2 Å². The van der Waals surface area contributed by atoms with Crippen molar-refractivity contribution in [3.8, 4) is 5.75 Å². The quantitative estimate of drug-likeness (QED) is 0.669. The molecule has 10 heteroatoms. The van der Waals surface area contributed by atoms with Crippen molar-refractivity contribution in [3.63, 3.8) is 0 Å². The number of hydrogen-bond acceptors (Lipinski definition) is 3. The predicted molar refractivity (Wildman–Crippen MR) is 54.9 cm³/mol. The van der Waals surface area contributed by atoms with Gasteiger partial charge in [0, 0.05) is 0 Å². The number of carbonyl (C=O) groups is 1. The molecule has 0 amide bonds. The van der Waals surface area contributed by atoms with Crippen LogP contribution in [0.3, 0.4) is 0 Å². The highest BCUT2D eigenvalue weighted by molar-refractivity contribution is 9.10. The first kappa shape index (κ1) is 15.6. The number of carboxylic acids is 1. The van der Waals surface area contributed by atoms with Crippen LogP contribution in [0.25, 0.3) is 0 Å². The van der Waals surface area contributed by atoms with E-state index in [1.54, 1.807) is 0 Å². The normalized spacial score (nSPS) is 11.7. The molecule has 4 nitrogen and oxygen atoms in total. The van der Waals surface area contributed by atoms with Gasteiger partial charge in [0.2, 0.25) is 0 Å². The van der Waals surface area contributed by atoms with Crippen LogP contribution in [0.2, 0.25) is 0 Å². The highest BCUT2D eigenvalue weighted by Crippen LogP contribution is 2.38. The van der Waals surface area contributed by atoms with E-state index < -0.39 is 41.1 Å². The highest BCUT2D eigenvalue weighted by atomic mass is 79.9. The van der Waals surface area contributed by atoms with Crippen LogP contribution in [0, 0.1) is 0 Å². The van der Waals surface area contributed by atoms with Gasteiger partial charge >= 0.3 is 12.3 Å². The van der Waals surface area contributed by atoms with E-state index in [4.69, 9.17) is 5.11 Å². The Hall–Kier alpha value is -1.45. The SMILES string of the molecule is O=C(O)Cc1cc(C(F)F)c(OC(F)(F)F)c(Br)n1. The molecule has 1 rings (SSSR count). The third-order valence-corrected chi connectivity index (χ3v) is 2.34. The Balaban J connectivity index is 3.27. The summed E-state index contributed by atoms with van der Waals surface area (Å²) in [6.07, 6.45) is -9.14. The minimum Gasteiger partial charge on any atom is -0.481 e. The van der Waals surface area contributed by atoms with Gasteiger partial charge in [-0.15, -0.1) is 13.2 Å². The number of carboxylic acid groups (broad SMARTS) is 1. The number of aromatic nitrogens is 1. The molecule has 19 heavy (non-hydrogen) atoms. The van der Waals surface area contributed by atoms with Crippen molar-refractivity contribution < 1.29 is 36.6 Å². The lowest BCUT2D eigenvalue weighted by Crippen LogP contribution is -2.19. The van der Waals surface area contributed by atoms with Crippen molar-refractivity contribution in [1.82, 2.24) is 4.98 Å². The van der Waals surface area contributed by atoms with E-state index in [1.807, 2.05) is 0 Å². The number of hydrogen-bond donors (Lipinski definition) is 1. The largest absolute Gasteiger partial charge is 0.573 e. The number of alkyl halides is 5. The second-order valence-electron chi connectivity index (χ2n) is 3.24. The Bertz CT molecular complexity index is 491. The number of halogens is 6. The fourth-order valence-corrected chi connectivity index (χ4v) is 1.74. The second-order valence-corrected chi connectivity index (χ2v) is 3.99. The van der Waals surface area contributed by atoms with Crippen molar-refractivity contribution >= 4 is 21.9 Å². The van der Waals surface area contributed by atoms with E-state index in [-0.39, 0.29) is 5.69 Å². The van der Waals surface area contributed by atoms with Gasteiger partial charge in [-0.2, -0.15) is 0 Å². The van der Waals surface area contributed by atoms with Crippen LogP contribution >= 0.6 is 15.9 Å². The first-order valence-electron chi connectivity index (χ1n) is 4.55. The smallest absolute Gasteiger partial charge is 0.481 e. The van der Waals surface area contributed by atoms with Gasteiger partial charge < -0.3 is 9.84 Å². The minimum atomic E-state index is -5.16. The average molecular weight is 350 g/mol. The molecule has 1 aromatic heterocycles. The van der Waals surface area contributed by atoms with E-state index in [0.29, 0.717) is 6.07 Å². The molecule has 1 aromatic rings. The van der Waals surface area contributed by atoms with Gasteiger partial charge in [-0.3, -0.25) is 4.79 Å². The van der Waals surface area contributed by atoms with Crippen molar-refractivity contribution in [2.75, 3.05) is 0 Å². The summed E-state index contributed by atoms with van der Waals surface area (Å²) in [6.45, 7) is 0. The summed E-state index contributed by atoms with van der Waals surface area (Å²) in [5.41, 5.74) is -1.40. The van der Waals surface area contributed by atoms with Gasteiger partial charge in [0.05, 0.1) is 17.7 Å². The van der Waals surface area contributed by atoms with E-state index in [2.05, 4.69) is 25.7 Å². The summed E-state index contributed by atoms with van der Waals surface area (Å²) in [7, 11) is 0. The number of aliphatic carboxylic acids is 1. The average Bonchev–Trinajstić information content (AvgIpc) is 2.18. The summed E-state index contributed by atoms with van der Waals surface area (Å²) in [4.78, 5) is 13.8. The minimum absolute atomic E-state index is 0.316. The standard InChI is InChI=1S/C9H5BrF5NO3/c10-7-6(19-9(13,14)15)4(8(11)12)1-3(16-7)2-5(17)18/h1,8H,2H2,(H,17,18). The topological polar surface area (TPSA) is 59.4 Å². The maximum atomic E-state index is 12.7. The third kappa shape index (κ3) is 4.62. The summed E-state index contributed by atoms with van der Waals surface area (Å²) < 4.78 is 64.3. The third-order valence-electron chi connectivity index (χ3n) is 1.80. The summed E-state index contributed by atoms with van der Waals surface area (Å²) in [5, 5.41) is 8.49. The molecule has 0 spiro atoms. The fourth-order valence-electron chi connectivity index (χ4n) is 1.20. The molecule has 0 radical (unpaired) electrons. The molecular formula is C9H5BrF5NO3. The molecule has 0 unspecified atom stereocenters. The molecule has 106 valence electrons. The van der Waals surface area contributed by atoms with Crippen LogP contribution in [0.5, 0.6) is 5.75 Å². The lowest BCUT2D eigenvalue weighted by atomic mass is 10.2. The van der Waals surface area contributed by atoms with Gasteiger partial charge in [-0.25, -0.2) is 13.8 Å². The number of nitrogens with zero attached hydrogens (tertiary/aromatic N) is 1. The van der Waals surface area contributed by atoms with Crippen LogP contribution in [0.1, 0.15) is 17.7 Å². The first-order valence-corrected chi connectivity index (χ1v) is 5.34. The lowest BCUT2D eigenvalue weighted by molar-refractivity contribution is -0.275. The van der Waals surface area contributed by atoms with E-state index in [1.165, 1.54) is 0 Å². The molecule has 0 aromatic carbocycles. The number of ether oxygens (including phenoxy) is 1. The zero-order valence-corrected chi connectivity index (χ0v) is 10.4. The van der Waals surface area contributed by atoms with Crippen molar-refractivity contribution in [2.45, 2.75) is 19.2 Å². The van der Waals surface area contributed by atoms with E-state index >= 15 is 0 Å². The second kappa shape index (κ2) is 5.68. The number of rotatable bonds is 4. The van der Waals surface area contributed by atoms with Gasteiger partial charge in [0.15, 0.2) is 5.75 Å². The molecule has 0 saturated heterocycles. The van der Waals surface area contributed by atoms with Crippen molar-refractivity contribution in [1.29, 1.82) is 0 Å². The fraction of sp³-hybridized carbons (Fsp3) is 0.333. The number of pyridine rings is 1. The molecule has 0 aliphatic rings. The van der Waals surface area contributed by atoms with Crippen LogP contribution in [-0.4, -0.2) is 22.4 Å². The summed E-state index contributed by atoms with van der Waals surface area (Å²) >= 11 is 2.55.